The Labute approximate surface area is 163 Å². The minimum Gasteiger partial charge on any atom is -0.495 e. The summed E-state index contributed by atoms with van der Waals surface area (Å²) in [7, 11) is 1.59. The Morgan fingerprint density at radius 1 is 1.15 bits per heavy atom. The smallest absolute Gasteiger partial charge is 0.234 e. The number of aromatic nitrogens is 2. The van der Waals surface area contributed by atoms with Crippen LogP contribution in [0.3, 0.4) is 0 Å². The molecule has 3 aromatic rings. The van der Waals surface area contributed by atoms with Crippen LogP contribution in [0.2, 0.25) is 0 Å². The molecule has 1 heterocycles. The van der Waals surface area contributed by atoms with E-state index in [-0.39, 0.29) is 11.7 Å². The molecule has 27 heavy (non-hydrogen) atoms. The van der Waals surface area contributed by atoms with E-state index < -0.39 is 0 Å². The molecule has 0 unspecified atom stereocenters. The number of benzene rings is 2. The van der Waals surface area contributed by atoms with Gasteiger partial charge in [-0.05, 0) is 50.1 Å². The van der Waals surface area contributed by atoms with Gasteiger partial charge in [0.15, 0.2) is 5.16 Å². The summed E-state index contributed by atoms with van der Waals surface area (Å²) in [6.45, 7) is 6.13. The first-order valence-electron chi connectivity index (χ1n) is 8.66. The van der Waals surface area contributed by atoms with E-state index in [2.05, 4.69) is 42.3 Å². The number of aryl methyl sites for hydroxylation is 3. The van der Waals surface area contributed by atoms with Crippen LogP contribution < -0.4 is 10.1 Å². The lowest BCUT2D eigenvalue weighted by Crippen LogP contribution is -2.15. The van der Waals surface area contributed by atoms with Gasteiger partial charge >= 0.3 is 0 Å². The van der Waals surface area contributed by atoms with Crippen molar-refractivity contribution in [2.24, 2.45) is 0 Å². The second-order valence-corrected chi connectivity index (χ2v) is 7.35. The molecule has 2 aromatic carbocycles. The van der Waals surface area contributed by atoms with Gasteiger partial charge in [-0.2, -0.15) is 0 Å². The van der Waals surface area contributed by atoms with E-state index in [1.807, 2.05) is 35.9 Å². The lowest BCUT2D eigenvalue weighted by molar-refractivity contribution is -0.113. The van der Waals surface area contributed by atoms with Crippen LogP contribution in [0.25, 0.3) is 5.69 Å². The van der Waals surface area contributed by atoms with Crippen molar-refractivity contribution in [3.05, 3.63) is 65.5 Å². The average Bonchev–Trinajstić information content (AvgIpc) is 3.08. The molecule has 0 aliphatic heterocycles. The summed E-state index contributed by atoms with van der Waals surface area (Å²) in [5.74, 6) is 0.814. The maximum Gasteiger partial charge on any atom is 0.234 e. The first-order chi connectivity index (χ1) is 13.0. The number of ether oxygens (including phenoxy) is 1. The molecule has 1 aromatic heterocycles. The molecule has 0 aliphatic carbocycles. The molecule has 0 radical (unpaired) electrons. The third kappa shape index (κ3) is 4.52. The summed E-state index contributed by atoms with van der Waals surface area (Å²) in [4.78, 5) is 16.8. The van der Waals surface area contributed by atoms with Gasteiger partial charge in [-0.25, -0.2) is 4.98 Å². The Hall–Kier alpha value is -2.73. The number of rotatable bonds is 6. The standard InChI is InChI=1S/C21H23N3O2S/c1-14-5-7-18(16(3)11-14)24-10-9-22-21(24)27-13-20(25)23-17-12-15(2)6-8-19(17)26-4/h5-12H,13H2,1-4H3,(H,23,25). The first-order valence-corrected chi connectivity index (χ1v) is 9.65. The van der Waals surface area contributed by atoms with E-state index in [0.29, 0.717) is 11.4 Å². The fraction of sp³-hybridized carbons (Fsp3) is 0.238. The number of imidazole rings is 1. The summed E-state index contributed by atoms with van der Waals surface area (Å²) in [5.41, 5.74) is 5.20. The maximum absolute atomic E-state index is 12.4. The average molecular weight is 382 g/mol. The van der Waals surface area contributed by atoms with Crippen LogP contribution in [0.15, 0.2) is 53.9 Å². The minimum absolute atomic E-state index is 0.0981. The zero-order chi connectivity index (χ0) is 19.4. The van der Waals surface area contributed by atoms with Crippen LogP contribution in [0.1, 0.15) is 16.7 Å². The van der Waals surface area contributed by atoms with Gasteiger partial charge in [-0.3, -0.25) is 9.36 Å². The molecular formula is C21H23N3O2S. The lowest BCUT2D eigenvalue weighted by Gasteiger charge is -2.12. The quantitative estimate of drug-likeness (QED) is 0.637. The van der Waals surface area contributed by atoms with Crippen LogP contribution in [-0.2, 0) is 4.79 Å². The fourth-order valence-electron chi connectivity index (χ4n) is 2.89. The second kappa shape index (κ2) is 8.31. The predicted octanol–water partition coefficient (Wildman–Crippen LogP) is 4.54. The Kier molecular flexibility index (Phi) is 5.86. The number of hydrogen-bond acceptors (Lipinski definition) is 4. The summed E-state index contributed by atoms with van der Waals surface area (Å²) in [5, 5.41) is 3.71. The summed E-state index contributed by atoms with van der Waals surface area (Å²) >= 11 is 1.41. The van der Waals surface area contributed by atoms with Gasteiger partial charge in [-0.15, -0.1) is 0 Å². The van der Waals surface area contributed by atoms with Gasteiger partial charge < -0.3 is 10.1 Å². The van der Waals surface area contributed by atoms with Crippen molar-refractivity contribution in [3.63, 3.8) is 0 Å². The number of hydrogen-bond donors (Lipinski definition) is 1. The minimum atomic E-state index is -0.0981. The zero-order valence-electron chi connectivity index (χ0n) is 15.9. The molecule has 3 rings (SSSR count). The molecule has 0 spiro atoms. The molecule has 0 saturated carbocycles. The van der Waals surface area contributed by atoms with Crippen molar-refractivity contribution in [3.8, 4) is 11.4 Å². The third-order valence-electron chi connectivity index (χ3n) is 4.18. The fourth-order valence-corrected chi connectivity index (χ4v) is 3.66. The van der Waals surface area contributed by atoms with Crippen LogP contribution >= 0.6 is 11.8 Å². The highest BCUT2D eigenvalue weighted by atomic mass is 32.2. The van der Waals surface area contributed by atoms with Gasteiger partial charge in [0.2, 0.25) is 5.91 Å². The number of nitrogens with one attached hydrogen (secondary N) is 1. The topological polar surface area (TPSA) is 56.1 Å². The molecule has 140 valence electrons. The van der Waals surface area contributed by atoms with Crippen molar-refractivity contribution in [1.82, 2.24) is 9.55 Å². The maximum atomic E-state index is 12.4. The summed E-state index contributed by atoms with van der Waals surface area (Å²) in [6, 6.07) is 12.0. The highest BCUT2D eigenvalue weighted by Gasteiger charge is 2.12. The van der Waals surface area contributed by atoms with Gasteiger partial charge in [0.25, 0.3) is 0 Å². The molecule has 0 atom stereocenters. The first kappa shape index (κ1) is 19.0. The lowest BCUT2D eigenvalue weighted by atomic mass is 10.1. The van der Waals surface area contributed by atoms with Crippen LogP contribution in [0.4, 0.5) is 5.69 Å². The summed E-state index contributed by atoms with van der Waals surface area (Å²) in [6.07, 6.45) is 3.67. The Morgan fingerprint density at radius 3 is 2.63 bits per heavy atom. The van der Waals surface area contributed by atoms with E-state index in [0.717, 1.165) is 16.4 Å². The number of amides is 1. The van der Waals surface area contributed by atoms with Crippen LogP contribution in [0.5, 0.6) is 5.75 Å². The molecule has 0 saturated heterocycles. The van der Waals surface area contributed by atoms with Crippen molar-refractivity contribution >= 4 is 23.4 Å². The third-order valence-corrected chi connectivity index (χ3v) is 5.15. The summed E-state index contributed by atoms with van der Waals surface area (Å²) < 4.78 is 7.33. The number of methoxy groups -OCH3 is 1. The molecular weight excluding hydrogens is 358 g/mol. The molecule has 6 heteroatoms. The normalized spacial score (nSPS) is 10.7. The molecule has 1 amide bonds. The SMILES string of the molecule is COc1ccc(C)cc1NC(=O)CSc1nccn1-c1ccc(C)cc1C. The molecule has 0 fully saturated rings. The number of thioether (sulfide) groups is 1. The Bertz CT molecular complexity index is 966. The number of carbonyl (C=O) groups is 1. The van der Waals surface area contributed by atoms with Gasteiger partial charge in [0, 0.05) is 12.4 Å². The largest absolute Gasteiger partial charge is 0.495 e. The van der Waals surface area contributed by atoms with Crippen LogP contribution in [-0.4, -0.2) is 28.3 Å². The van der Waals surface area contributed by atoms with Crippen molar-refractivity contribution in [1.29, 1.82) is 0 Å². The van der Waals surface area contributed by atoms with E-state index in [9.17, 15) is 4.79 Å². The number of anilines is 1. The zero-order valence-corrected chi connectivity index (χ0v) is 16.8. The Balaban J connectivity index is 1.70. The highest BCUT2D eigenvalue weighted by Crippen LogP contribution is 2.27. The van der Waals surface area contributed by atoms with Crippen molar-refractivity contribution < 1.29 is 9.53 Å². The van der Waals surface area contributed by atoms with Gasteiger partial charge in [0.05, 0.1) is 24.2 Å². The number of carbonyl (C=O) groups excluding carboxylic acids is 1. The second-order valence-electron chi connectivity index (χ2n) is 6.41. The van der Waals surface area contributed by atoms with Crippen LogP contribution in [0, 0.1) is 20.8 Å². The van der Waals surface area contributed by atoms with Crippen molar-refractivity contribution in [2.75, 3.05) is 18.2 Å². The van der Waals surface area contributed by atoms with Crippen molar-refractivity contribution in [2.45, 2.75) is 25.9 Å². The monoisotopic (exact) mass is 381 g/mol. The number of nitrogens with zero attached hydrogens (tertiary/aromatic N) is 2. The van der Waals surface area contributed by atoms with E-state index in [4.69, 9.17) is 4.74 Å². The van der Waals surface area contributed by atoms with E-state index in [1.54, 1.807) is 13.3 Å². The molecule has 5 nitrogen and oxygen atoms in total. The van der Waals surface area contributed by atoms with E-state index in [1.165, 1.54) is 22.9 Å². The van der Waals surface area contributed by atoms with Gasteiger partial charge in [-0.1, -0.05) is 35.5 Å². The Morgan fingerprint density at radius 2 is 1.89 bits per heavy atom. The highest BCUT2D eigenvalue weighted by molar-refractivity contribution is 7.99. The van der Waals surface area contributed by atoms with E-state index >= 15 is 0 Å². The molecule has 1 N–H and O–H groups in total. The molecule has 0 aliphatic rings. The van der Waals surface area contributed by atoms with Gasteiger partial charge in [0.1, 0.15) is 5.75 Å². The predicted molar refractivity (Wildman–Crippen MR) is 110 cm³/mol. The molecule has 0 bridgehead atoms.